The first kappa shape index (κ1) is 15.0. The van der Waals surface area contributed by atoms with Gasteiger partial charge in [0.2, 0.25) is 5.91 Å². The second-order valence-electron chi connectivity index (χ2n) is 5.64. The topological polar surface area (TPSA) is 46.3 Å². The largest absolute Gasteiger partial charge is 0.335 e. The second kappa shape index (κ2) is 6.84. The number of hydrogen-bond donors (Lipinski definition) is 1. The summed E-state index contributed by atoms with van der Waals surface area (Å²) in [4.78, 5) is 14.2. The van der Waals surface area contributed by atoms with Crippen molar-refractivity contribution < 1.29 is 9.18 Å². The van der Waals surface area contributed by atoms with Crippen LogP contribution in [-0.2, 0) is 11.3 Å². The lowest BCUT2D eigenvalue weighted by atomic mass is 10.1. The monoisotopic (exact) mass is 278 g/mol. The van der Waals surface area contributed by atoms with Gasteiger partial charge in [0.25, 0.3) is 0 Å². The fourth-order valence-electron chi connectivity index (χ4n) is 2.45. The van der Waals surface area contributed by atoms with E-state index in [1.54, 1.807) is 6.07 Å². The number of carbonyl (C=O) groups is 1. The van der Waals surface area contributed by atoms with Crippen LogP contribution >= 0.6 is 0 Å². The van der Waals surface area contributed by atoms with Gasteiger partial charge in [-0.15, -0.1) is 0 Å². The van der Waals surface area contributed by atoms with Crippen molar-refractivity contribution in [3.05, 3.63) is 35.6 Å². The summed E-state index contributed by atoms with van der Waals surface area (Å²) in [6.07, 6.45) is 4.33. The first-order chi connectivity index (χ1) is 9.60. The minimum absolute atomic E-state index is 0.0683. The molecule has 20 heavy (non-hydrogen) atoms. The third-order valence-electron chi connectivity index (χ3n) is 3.65. The van der Waals surface area contributed by atoms with Gasteiger partial charge in [0.1, 0.15) is 5.82 Å². The van der Waals surface area contributed by atoms with E-state index in [9.17, 15) is 9.18 Å². The van der Waals surface area contributed by atoms with Crippen LogP contribution in [0.25, 0.3) is 0 Å². The molecule has 0 saturated heterocycles. The molecule has 0 bridgehead atoms. The molecule has 4 heteroatoms. The molecule has 1 aromatic rings. The Morgan fingerprint density at radius 1 is 1.50 bits per heavy atom. The highest BCUT2D eigenvalue weighted by Crippen LogP contribution is 2.29. The fraction of sp³-hybridized carbons (Fsp3) is 0.562. The molecule has 1 saturated carbocycles. The number of halogens is 1. The predicted molar refractivity (Wildman–Crippen MR) is 77.5 cm³/mol. The van der Waals surface area contributed by atoms with Crippen LogP contribution in [0, 0.1) is 5.82 Å². The minimum atomic E-state index is -0.256. The average molecular weight is 278 g/mol. The molecule has 0 aromatic heterocycles. The van der Waals surface area contributed by atoms with Crippen molar-refractivity contribution >= 4 is 5.91 Å². The molecule has 2 rings (SSSR count). The van der Waals surface area contributed by atoms with Crippen molar-refractivity contribution in [1.29, 1.82) is 0 Å². The highest BCUT2D eigenvalue weighted by Gasteiger charge is 2.32. The van der Waals surface area contributed by atoms with Gasteiger partial charge in [0.15, 0.2) is 0 Å². The van der Waals surface area contributed by atoms with E-state index in [0.717, 1.165) is 31.2 Å². The Hall–Kier alpha value is -1.42. The van der Waals surface area contributed by atoms with Crippen molar-refractivity contribution in [2.75, 3.05) is 0 Å². The highest BCUT2D eigenvalue weighted by molar-refractivity contribution is 5.77. The molecule has 1 atom stereocenters. The summed E-state index contributed by atoms with van der Waals surface area (Å²) < 4.78 is 13.2. The molecule has 110 valence electrons. The summed E-state index contributed by atoms with van der Waals surface area (Å²) in [5.74, 6) is -0.161. The molecule has 0 aliphatic heterocycles. The Balaban J connectivity index is 1.98. The maximum atomic E-state index is 13.2. The average Bonchev–Trinajstić information content (AvgIpc) is 3.20. The third kappa shape index (κ3) is 4.30. The molecule has 1 aliphatic carbocycles. The number of nitrogens with zero attached hydrogens (tertiary/aromatic N) is 1. The van der Waals surface area contributed by atoms with E-state index in [1.165, 1.54) is 12.1 Å². The van der Waals surface area contributed by atoms with E-state index >= 15 is 0 Å². The normalized spacial score (nSPS) is 15.9. The van der Waals surface area contributed by atoms with Crippen LogP contribution in [-0.4, -0.2) is 22.9 Å². The van der Waals surface area contributed by atoms with Gasteiger partial charge in [-0.3, -0.25) is 4.79 Å². The number of amides is 1. The molecule has 1 aromatic carbocycles. The minimum Gasteiger partial charge on any atom is -0.335 e. The van der Waals surface area contributed by atoms with Gasteiger partial charge in [0.05, 0.1) is 0 Å². The van der Waals surface area contributed by atoms with E-state index in [0.29, 0.717) is 19.0 Å². The molecule has 0 spiro atoms. The van der Waals surface area contributed by atoms with Gasteiger partial charge in [0, 0.05) is 25.0 Å². The molecule has 0 radical (unpaired) electrons. The first-order valence-corrected chi connectivity index (χ1v) is 7.39. The Labute approximate surface area is 120 Å². The molecular weight excluding hydrogens is 255 g/mol. The molecule has 3 nitrogen and oxygen atoms in total. The number of rotatable bonds is 7. The van der Waals surface area contributed by atoms with Crippen molar-refractivity contribution in [3.63, 3.8) is 0 Å². The molecule has 1 unspecified atom stereocenters. The number of nitrogens with two attached hydrogens (primary N) is 1. The molecule has 1 fully saturated rings. The standard InChI is InChI=1S/C16H23FN2O/c1-2-4-14(18)10-16(20)19(15-7-8-15)11-12-5-3-6-13(17)9-12/h3,5-6,9,14-15H,2,4,7-8,10-11,18H2,1H3. The Kier molecular flexibility index (Phi) is 5.12. The smallest absolute Gasteiger partial charge is 0.224 e. The van der Waals surface area contributed by atoms with Crippen LogP contribution in [0.5, 0.6) is 0 Å². The maximum absolute atomic E-state index is 13.2. The Morgan fingerprint density at radius 2 is 2.25 bits per heavy atom. The quantitative estimate of drug-likeness (QED) is 0.833. The summed E-state index contributed by atoms with van der Waals surface area (Å²) in [5, 5.41) is 0. The van der Waals surface area contributed by atoms with Gasteiger partial charge in [-0.2, -0.15) is 0 Å². The predicted octanol–water partition coefficient (Wildman–Crippen LogP) is 2.83. The highest BCUT2D eigenvalue weighted by atomic mass is 19.1. The van der Waals surface area contributed by atoms with Crippen LogP contribution in [0.2, 0.25) is 0 Å². The summed E-state index contributed by atoms with van der Waals surface area (Å²) in [6, 6.07) is 6.71. The zero-order valence-electron chi connectivity index (χ0n) is 12.0. The van der Waals surface area contributed by atoms with Gasteiger partial charge in [-0.05, 0) is 37.0 Å². The Bertz CT molecular complexity index is 460. The lowest BCUT2D eigenvalue weighted by molar-refractivity contribution is -0.132. The summed E-state index contributed by atoms with van der Waals surface area (Å²) >= 11 is 0. The van der Waals surface area contributed by atoms with Crippen LogP contribution in [0.3, 0.4) is 0 Å². The fourth-order valence-corrected chi connectivity index (χ4v) is 2.45. The van der Waals surface area contributed by atoms with E-state index in [1.807, 2.05) is 11.0 Å². The van der Waals surface area contributed by atoms with Crippen molar-refractivity contribution in [1.82, 2.24) is 4.90 Å². The van der Waals surface area contributed by atoms with Gasteiger partial charge < -0.3 is 10.6 Å². The molecule has 1 amide bonds. The lowest BCUT2D eigenvalue weighted by Gasteiger charge is -2.24. The molecule has 0 heterocycles. The summed E-state index contributed by atoms with van der Waals surface area (Å²) in [7, 11) is 0. The van der Waals surface area contributed by atoms with E-state index in [2.05, 4.69) is 6.92 Å². The van der Waals surface area contributed by atoms with Crippen molar-refractivity contribution in [3.8, 4) is 0 Å². The van der Waals surface area contributed by atoms with Crippen LogP contribution in [0.4, 0.5) is 4.39 Å². The van der Waals surface area contributed by atoms with E-state index in [4.69, 9.17) is 5.73 Å². The van der Waals surface area contributed by atoms with Crippen LogP contribution < -0.4 is 5.73 Å². The number of hydrogen-bond acceptors (Lipinski definition) is 2. The van der Waals surface area contributed by atoms with Crippen LogP contribution in [0.15, 0.2) is 24.3 Å². The summed E-state index contributed by atoms with van der Waals surface area (Å²) in [6.45, 7) is 2.55. The third-order valence-corrected chi connectivity index (χ3v) is 3.65. The van der Waals surface area contributed by atoms with Gasteiger partial charge in [-0.1, -0.05) is 25.5 Å². The van der Waals surface area contributed by atoms with Gasteiger partial charge >= 0.3 is 0 Å². The van der Waals surface area contributed by atoms with E-state index in [-0.39, 0.29) is 17.8 Å². The summed E-state index contributed by atoms with van der Waals surface area (Å²) in [5.41, 5.74) is 6.80. The zero-order valence-corrected chi connectivity index (χ0v) is 12.0. The van der Waals surface area contributed by atoms with E-state index < -0.39 is 0 Å². The van der Waals surface area contributed by atoms with Gasteiger partial charge in [-0.25, -0.2) is 4.39 Å². The maximum Gasteiger partial charge on any atom is 0.224 e. The number of benzene rings is 1. The molecule has 1 aliphatic rings. The first-order valence-electron chi connectivity index (χ1n) is 7.39. The van der Waals surface area contributed by atoms with Crippen molar-refractivity contribution in [2.45, 2.75) is 57.7 Å². The SMILES string of the molecule is CCCC(N)CC(=O)N(Cc1cccc(F)c1)C1CC1. The molecular formula is C16H23FN2O. The second-order valence-corrected chi connectivity index (χ2v) is 5.64. The lowest BCUT2D eigenvalue weighted by Crippen LogP contribution is -2.37. The van der Waals surface area contributed by atoms with Crippen molar-refractivity contribution in [2.24, 2.45) is 5.73 Å². The van der Waals surface area contributed by atoms with Crippen LogP contribution in [0.1, 0.15) is 44.6 Å². The Morgan fingerprint density at radius 3 is 2.85 bits per heavy atom. The molecule has 2 N–H and O–H groups in total. The number of carbonyl (C=O) groups excluding carboxylic acids is 1. The zero-order chi connectivity index (χ0) is 14.5.